The Hall–Kier alpha value is -2.98. The van der Waals surface area contributed by atoms with E-state index in [4.69, 9.17) is 5.73 Å². The van der Waals surface area contributed by atoms with Gasteiger partial charge in [0.1, 0.15) is 18.1 Å². The summed E-state index contributed by atoms with van der Waals surface area (Å²) < 4.78 is 0. The number of likely N-dealkylation sites (tertiary alicyclic amines) is 2. The SMILES string of the molecule is CC(C)C[C@H](NC(=O)c1ccc(N(C)C)cc1)C(=O)N1CC[C@@H]2[C@H]1C(=O)CN2C(=O)[C@@H](N)CO. The molecule has 0 radical (unpaired) electrons. The second-order valence-electron chi connectivity index (χ2n) is 9.65. The third-order valence-corrected chi connectivity index (χ3v) is 6.46. The molecular formula is C24H35N5O5. The lowest BCUT2D eigenvalue weighted by Crippen LogP contribution is -2.53. The third-order valence-electron chi connectivity index (χ3n) is 6.46. The largest absolute Gasteiger partial charge is 0.394 e. The van der Waals surface area contributed by atoms with E-state index in [0.29, 0.717) is 24.9 Å². The highest BCUT2D eigenvalue weighted by Gasteiger charge is 2.52. The maximum Gasteiger partial charge on any atom is 0.251 e. The zero-order valence-electron chi connectivity index (χ0n) is 20.2. The Labute approximate surface area is 200 Å². The van der Waals surface area contributed by atoms with Crippen molar-refractivity contribution in [2.24, 2.45) is 11.7 Å². The summed E-state index contributed by atoms with van der Waals surface area (Å²) in [4.78, 5) is 56.6. The molecule has 0 bridgehead atoms. The number of rotatable bonds is 8. The van der Waals surface area contributed by atoms with Crippen LogP contribution < -0.4 is 16.0 Å². The van der Waals surface area contributed by atoms with Crippen LogP contribution in [0.15, 0.2) is 24.3 Å². The van der Waals surface area contributed by atoms with E-state index in [1.165, 1.54) is 9.80 Å². The fraction of sp³-hybridized carbons (Fsp3) is 0.583. The number of nitrogens with zero attached hydrogens (tertiary/aromatic N) is 3. The number of amides is 3. The molecule has 10 heteroatoms. The molecule has 34 heavy (non-hydrogen) atoms. The van der Waals surface area contributed by atoms with Crippen molar-refractivity contribution < 1.29 is 24.3 Å². The summed E-state index contributed by atoms with van der Waals surface area (Å²) in [5.74, 6) is -1.28. The van der Waals surface area contributed by atoms with E-state index in [-0.39, 0.29) is 30.1 Å². The Morgan fingerprint density at radius 3 is 2.35 bits per heavy atom. The van der Waals surface area contributed by atoms with Crippen molar-refractivity contribution in [1.82, 2.24) is 15.1 Å². The van der Waals surface area contributed by atoms with E-state index in [1.807, 2.05) is 45.0 Å². The first-order valence-corrected chi connectivity index (χ1v) is 11.6. The molecule has 2 heterocycles. The van der Waals surface area contributed by atoms with Gasteiger partial charge in [-0.25, -0.2) is 0 Å². The van der Waals surface area contributed by atoms with Crippen molar-refractivity contribution in [3.63, 3.8) is 0 Å². The lowest BCUT2D eigenvalue weighted by atomic mass is 10.0. The van der Waals surface area contributed by atoms with E-state index in [2.05, 4.69) is 5.32 Å². The minimum atomic E-state index is -1.09. The number of aliphatic hydroxyl groups is 1. The summed E-state index contributed by atoms with van der Waals surface area (Å²) in [6.45, 7) is 3.58. The highest BCUT2D eigenvalue weighted by Crippen LogP contribution is 2.31. The van der Waals surface area contributed by atoms with Gasteiger partial charge < -0.3 is 30.9 Å². The van der Waals surface area contributed by atoms with Crippen molar-refractivity contribution in [2.45, 2.75) is 50.9 Å². The number of benzene rings is 1. The monoisotopic (exact) mass is 473 g/mol. The summed E-state index contributed by atoms with van der Waals surface area (Å²) in [6, 6.07) is 3.98. The van der Waals surface area contributed by atoms with Gasteiger partial charge in [-0.2, -0.15) is 0 Å². The Morgan fingerprint density at radius 2 is 1.79 bits per heavy atom. The van der Waals surface area contributed by atoms with Gasteiger partial charge >= 0.3 is 0 Å². The number of carbonyl (C=O) groups excluding carboxylic acids is 4. The van der Waals surface area contributed by atoms with Crippen LogP contribution in [0, 0.1) is 5.92 Å². The molecule has 0 unspecified atom stereocenters. The molecule has 0 saturated carbocycles. The summed E-state index contributed by atoms with van der Waals surface area (Å²) in [7, 11) is 3.82. The first kappa shape index (κ1) is 25.6. The molecule has 4 atom stereocenters. The molecule has 3 amide bonds. The Bertz CT molecular complexity index is 932. The minimum Gasteiger partial charge on any atom is -0.394 e. The predicted molar refractivity (Wildman–Crippen MR) is 127 cm³/mol. The van der Waals surface area contributed by atoms with Crippen LogP contribution in [0.5, 0.6) is 0 Å². The molecule has 2 aliphatic rings. The fourth-order valence-electron chi connectivity index (χ4n) is 4.69. The molecule has 1 aromatic carbocycles. The Morgan fingerprint density at radius 1 is 1.15 bits per heavy atom. The maximum atomic E-state index is 13.5. The van der Waals surface area contributed by atoms with E-state index < -0.39 is 36.7 Å². The normalized spacial score (nSPS) is 21.4. The van der Waals surface area contributed by atoms with Crippen LogP contribution in [-0.2, 0) is 14.4 Å². The predicted octanol–water partition coefficient (Wildman–Crippen LogP) is -0.402. The third kappa shape index (κ3) is 5.23. The van der Waals surface area contributed by atoms with Crippen LogP contribution in [0.25, 0.3) is 0 Å². The lowest BCUT2D eigenvalue weighted by Gasteiger charge is -2.29. The summed E-state index contributed by atoms with van der Waals surface area (Å²) >= 11 is 0. The van der Waals surface area contributed by atoms with Crippen molar-refractivity contribution in [2.75, 3.05) is 38.7 Å². The average molecular weight is 474 g/mol. The highest BCUT2D eigenvalue weighted by atomic mass is 16.3. The van der Waals surface area contributed by atoms with Crippen LogP contribution in [0.3, 0.4) is 0 Å². The summed E-state index contributed by atoms with van der Waals surface area (Å²) in [6.07, 6.45) is 0.862. The van der Waals surface area contributed by atoms with E-state index >= 15 is 0 Å². The number of hydrogen-bond donors (Lipinski definition) is 3. The number of nitrogens with one attached hydrogen (secondary N) is 1. The average Bonchev–Trinajstić information content (AvgIpc) is 3.38. The Kier molecular flexibility index (Phi) is 7.93. The molecule has 10 nitrogen and oxygen atoms in total. The number of nitrogens with two attached hydrogens (primary N) is 1. The quantitative estimate of drug-likeness (QED) is 0.467. The van der Waals surface area contributed by atoms with E-state index in [9.17, 15) is 24.3 Å². The first-order chi connectivity index (χ1) is 16.0. The zero-order valence-corrected chi connectivity index (χ0v) is 20.2. The lowest BCUT2D eigenvalue weighted by molar-refractivity contribution is -0.138. The van der Waals surface area contributed by atoms with Gasteiger partial charge in [0.05, 0.1) is 19.2 Å². The van der Waals surface area contributed by atoms with Crippen LogP contribution in [0.2, 0.25) is 0 Å². The topological polar surface area (TPSA) is 136 Å². The van der Waals surface area contributed by atoms with Gasteiger partial charge in [-0.05, 0) is 43.0 Å². The van der Waals surface area contributed by atoms with Gasteiger partial charge in [0.2, 0.25) is 11.8 Å². The smallest absolute Gasteiger partial charge is 0.251 e. The minimum absolute atomic E-state index is 0.128. The van der Waals surface area contributed by atoms with Crippen LogP contribution in [0.4, 0.5) is 5.69 Å². The highest BCUT2D eigenvalue weighted by molar-refractivity contribution is 6.01. The number of carbonyl (C=O) groups is 4. The number of fused-ring (bicyclic) bond motifs is 1. The van der Waals surface area contributed by atoms with Crippen LogP contribution >= 0.6 is 0 Å². The van der Waals surface area contributed by atoms with Crippen LogP contribution in [0.1, 0.15) is 37.0 Å². The van der Waals surface area contributed by atoms with Crippen molar-refractivity contribution in [1.29, 1.82) is 0 Å². The fourth-order valence-corrected chi connectivity index (χ4v) is 4.69. The standard InChI is InChI=1S/C24H35N5O5/c1-14(2)11-18(26-22(32)15-5-7-16(8-6-15)27(3)4)24(34)28-10-9-19-21(28)20(31)12-29(19)23(33)17(25)13-30/h5-8,14,17-19,21,30H,9-13,25H2,1-4H3,(H,26,32)/t17-,18-,19+,21-/m0/s1. The molecule has 4 N–H and O–H groups in total. The number of ketones is 1. The number of anilines is 1. The molecule has 2 saturated heterocycles. The molecule has 0 aliphatic carbocycles. The molecule has 0 aromatic heterocycles. The number of aliphatic hydroxyl groups excluding tert-OH is 1. The van der Waals surface area contributed by atoms with Crippen molar-refractivity contribution in [3.8, 4) is 0 Å². The molecule has 186 valence electrons. The van der Waals surface area contributed by atoms with Gasteiger partial charge in [-0.3, -0.25) is 19.2 Å². The van der Waals surface area contributed by atoms with Gasteiger partial charge in [0.15, 0.2) is 5.78 Å². The second kappa shape index (κ2) is 10.5. The number of Topliss-reactive ketones (excluding diaryl/α,β-unsaturated/α-hetero) is 1. The molecule has 2 fully saturated rings. The zero-order chi connectivity index (χ0) is 25.2. The second-order valence-corrected chi connectivity index (χ2v) is 9.65. The van der Waals surface area contributed by atoms with Crippen molar-refractivity contribution in [3.05, 3.63) is 29.8 Å². The van der Waals surface area contributed by atoms with Crippen molar-refractivity contribution >= 4 is 29.2 Å². The molecule has 2 aliphatic heterocycles. The van der Waals surface area contributed by atoms with E-state index in [0.717, 1.165) is 5.69 Å². The summed E-state index contributed by atoms with van der Waals surface area (Å²) in [5, 5.41) is 12.1. The van der Waals surface area contributed by atoms with E-state index in [1.54, 1.807) is 12.1 Å². The van der Waals surface area contributed by atoms with Gasteiger partial charge in [-0.1, -0.05) is 13.8 Å². The number of hydrogen-bond acceptors (Lipinski definition) is 7. The Balaban J connectivity index is 1.76. The van der Waals surface area contributed by atoms with Gasteiger partial charge in [-0.15, -0.1) is 0 Å². The molecule has 1 aromatic rings. The maximum absolute atomic E-state index is 13.5. The molecular weight excluding hydrogens is 438 g/mol. The molecule has 0 spiro atoms. The molecule has 3 rings (SSSR count). The first-order valence-electron chi connectivity index (χ1n) is 11.6. The van der Waals surface area contributed by atoms with Crippen LogP contribution in [-0.4, -0.2) is 96.4 Å². The summed E-state index contributed by atoms with van der Waals surface area (Å²) in [5.41, 5.74) is 7.07. The van der Waals surface area contributed by atoms with Gasteiger partial charge in [0, 0.05) is 31.9 Å². The van der Waals surface area contributed by atoms with Gasteiger partial charge in [0.25, 0.3) is 5.91 Å².